The van der Waals surface area contributed by atoms with E-state index in [0.717, 1.165) is 26.2 Å². The van der Waals surface area contributed by atoms with Crippen LogP contribution in [-0.4, -0.2) is 57.7 Å². The van der Waals surface area contributed by atoms with Crippen molar-refractivity contribution in [2.75, 3.05) is 43.0 Å². The zero-order valence-electron chi connectivity index (χ0n) is 17.5. The molecular weight excluding hydrogens is 442 g/mol. The average molecular weight is 464 g/mol. The third kappa shape index (κ3) is 3.67. The molecule has 7 nitrogen and oxygen atoms in total. The molecule has 0 N–H and O–H groups in total. The van der Waals surface area contributed by atoms with Crippen LogP contribution in [0.5, 0.6) is 0 Å². The van der Waals surface area contributed by atoms with Gasteiger partial charge in [-0.1, -0.05) is 48.2 Å². The molecule has 3 aromatic rings. The van der Waals surface area contributed by atoms with E-state index in [1.807, 2.05) is 30.3 Å². The number of carbonyl (C=O) groups excluding carboxylic acids is 1. The number of carbonyl (C=O) groups is 1. The van der Waals surface area contributed by atoms with Crippen molar-refractivity contribution in [3.05, 3.63) is 75.6 Å². The van der Waals surface area contributed by atoms with Gasteiger partial charge in [-0.2, -0.15) is 0 Å². The Balaban J connectivity index is 1.54. The van der Waals surface area contributed by atoms with E-state index in [1.54, 1.807) is 25.4 Å². The number of pyridine rings is 1. The van der Waals surface area contributed by atoms with Crippen LogP contribution in [-0.2, 0) is 4.79 Å². The van der Waals surface area contributed by atoms with Gasteiger partial charge in [0.2, 0.25) is 0 Å². The highest BCUT2D eigenvalue weighted by Gasteiger charge is 2.30. The molecule has 2 fully saturated rings. The molecule has 0 atom stereocenters. The number of fused-ring (bicyclic) bond motifs is 1. The van der Waals surface area contributed by atoms with Crippen molar-refractivity contribution in [3.8, 4) is 0 Å². The van der Waals surface area contributed by atoms with Gasteiger partial charge in [-0.3, -0.25) is 18.9 Å². The quantitative estimate of drug-likeness (QED) is 0.437. The number of thiocarbonyl (C=S) groups is 1. The van der Waals surface area contributed by atoms with Crippen molar-refractivity contribution in [1.29, 1.82) is 0 Å². The number of amides is 1. The molecule has 0 bridgehead atoms. The predicted octanol–water partition coefficient (Wildman–Crippen LogP) is 2.85. The normalized spacial score (nSPS) is 18.3. The Morgan fingerprint density at radius 2 is 1.66 bits per heavy atom. The van der Waals surface area contributed by atoms with E-state index in [0.29, 0.717) is 26.3 Å². The first kappa shape index (κ1) is 20.7. The number of nitrogens with zero attached hydrogens (tertiary/aromatic N) is 5. The third-order valence-corrected chi connectivity index (χ3v) is 7.20. The van der Waals surface area contributed by atoms with Crippen LogP contribution in [0.2, 0.25) is 0 Å². The molecule has 1 amide bonds. The first-order valence-corrected chi connectivity index (χ1v) is 11.5. The fraction of sp³-hybridized carbons (Fsp3) is 0.217. The summed E-state index contributed by atoms with van der Waals surface area (Å²) in [6.07, 6.45) is 3.35. The largest absolute Gasteiger partial charge is 0.368 e. The Morgan fingerprint density at radius 1 is 0.969 bits per heavy atom. The number of thioether (sulfide) groups is 1. The number of aromatic nitrogens is 2. The van der Waals surface area contributed by atoms with E-state index in [9.17, 15) is 9.59 Å². The maximum absolute atomic E-state index is 13.4. The molecule has 0 aliphatic carbocycles. The molecule has 2 aromatic heterocycles. The molecule has 2 aliphatic heterocycles. The maximum atomic E-state index is 13.4. The van der Waals surface area contributed by atoms with Gasteiger partial charge in [0.1, 0.15) is 15.8 Å². The van der Waals surface area contributed by atoms with Crippen LogP contribution < -0.4 is 15.4 Å². The van der Waals surface area contributed by atoms with Gasteiger partial charge in [-0.15, -0.1) is 0 Å². The van der Waals surface area contributed by atoms with Crippen LogP contribution in [0.3, 0.4) is 0 Å². The predicted molar refractivity (Wildman–Crippen MR) is 133 cm³/mol. The Hall–Kier alpha value is -3.17. The SMILES string of the molecule is CN1C(=O)/C(=C/c2c(N3CCN(c4ccccc4)CC3)nc3ccccn3c2=O)SC1=S. The van der Waals surface area contributed by atoms with Gasteiger partial charge >= 0.3 is 0 Å². The van der Waals surface area contributed by atoms with Crippen LogP contribution >= 0.6 is 24.0 Å². The molecule has 0 unspecified atom stereocenters. The van der Waals surface area contributed by atoms with E-state index in [2.05, 4.69) is 21.9 Å². The second-order valence-electron chi connectivity index (χ2n) is 7.63. The van der Waals surface area contributed by atoms with Crippen LogP contribution in [0.15, 0.2) is 64.4 Å². The summed E-state index contributed by atoms with van der Waals surface area (Å²) in [7, 11) is 1.65. The van der Waals surface area contributed by atoms with Crippen LogP contribution in [0.1, 0.15) is 5.56 Å². The Labute approximate surface area is 195 Å². The highest BCUT2D eigenvalue weighted by Crippen LogP contribution is 2.32. The van der Waals surface area contributed by atoms with Gasteiger partial charge in [0.15, 0.2) is 0 Å². The lowest BCUT2D eigenvalue weighted by Crippen LogP contribution is -2.47. The van der Waals surface area contributed by atoms with Gasteiger partial charge < -0.3 is 9.80 Å². The summed E-state index contributed by atoms with van der Waals surface area (Å²) >= 11 is 6.46. The lowest BCUT2D eigenvalue weighted by atomic mass is 10.2. The summed E-state index contributed by atoms with van der Waals surface area (Å²) in [6.45, 7) is 3.08. The smallest absolute Gasteiger partial charge is 0.267 e. The molecular formula is C23H21N5O2S2. The monoisotopic (exact) mass is 463 g/mol. The van der Waals surface area contributed by atoms with Gasteiger partial charge in [-0.25, -0.2) is 4.98 Å². The Morgan fingerprint density at radius 3 is 2.34 bits per heavy atom. The van der Waals surface area contributed by atoms with E-state index in [1.165, 1.54) is 26.7 Å². The van der Waals surface area contributed by atoms with Crippen molar-refractivity contribution < 1.29 is 4.79 Å². The van der Waals surface area contributed by atoms with Crippen molar-refractivity contribution in [3.63, 3.8) is 0 Å². The molecule has 162 valence electrons. The molecule has 2 aliphatic rings. The lowest BCUT2D eigenvalue weighted by molar-refractivity contribution is -0.121. The molecule has 2 saturated heterocycles. The minimum Gasteiger partial charge on any atom is -0.368 e. The van der Waals surface area contributed by atoms with Crippen LogP contribution in [0, 0.1) is 0 Å². The minimum absolute atomic E-state index is 0.197. The summed E-state index contributed by atoms with van der Waals surface area (Å²) in [4.78, 5) is 37.1. The summed E-state index contributed by atoms with van der Waals surface area (Å²) in [5.41, 5.74) is 1.98. The van der Waals surface area contributed by atoms with Crippen molar-refractivity contribution in [2.45, 2.75) is 0 Å². The minimum atomic E-state index is -0.197. The van der Waals surface area contributed by atoms with Gasteiger partial charge in [0.05, 0.1) is 10.5 Å². The van der Waals surface area contributed by atoms with E-state index in [4.69, 9.17) is 17.2 Å². The summed E-state index contributed by atoms with van der Waals surface area (Å²) < 4.78 is 2.00. The molecule has 0 saturated carbocycles. The maximum Gasteiger partial charge on any atom is 0.267 e. The molecule has 32 heavy (non-hydrogen) atoms. The zero-order chi connectivity index (χ0) is 22.2. The van der Waals surface area contributed by atoms with Gasteiger partial charge in [0, 0.05) is 45.1 Å². The highest BCUT2D eigenvalue weighted by molar-refractivity contribution is 8.26. The number of para-hydroxylation sites is 1. The first-order valence-electron chi connectivity index (χ1n) is 10.3. The second kappa shape index (κ2) is 8.40. The van der Waals surface area contributed by atoms with Crippen molar-refractivity contribution >= 4 is 57.4 Å². The average Bonchev–Trinajstić information content (AvgIpc) is 3.08. The number of hydrogen-bond donors (Lipinski definition) is 0. The number of hydrogen-bond acceptors (Lipinski definition) is 7. The molecule has 4 heterocycles. The summed E-state index contributed by atoms with van der Waals surface area (Å²) in [6, 6.07) is 15.8. The highest BCUT2D eigenvalue weighted by atomic mass is 32.2. The molecule has 1 aromatic carbocycles. The van der Waals surface area contributed by atoms with Crippen LogP contribution in [0.25, 0.3) is 11.7 Å². The molecule has 0 radical (unpaired) electrons. The standard InChI is InChI=1S/C23H21N5O2S2/c1-25-22(30)18(32-23(25)31)15-17-20(24-19-9-5-6-10-28(19)21(17)29)27-13-11-26(12-14-27)16-7-3-2-4-8-16/h2-10,15H,11-14H2,1H3/b18-15-. The van der Waals surface area contributed by atoms with E-state index in [-0.39, 0.29) is 11.5 Å². The topological polar surface area (TPSA) is 61.2 Å². The fourth-order valence-corrected chi connectivity index (χ4v) is 5.11. The lowest BCUT2D eigenvalue weighted by Gasteiger charge is -2.37. The fourth-order valence-electron chi connectivity index (χ4n) is 3.95. The Bertz CT molecular complexity index is 1300. The number of benzene rings is 1. The van der Waals surface area contributed by atoms with E-state index < -0.39 is 0 Å². The van der Waals surface area contributed by atoms with Crippen LogP contribution in [0.4, 0.5) is 11.5 Å². The van der Waals surface area contributed by atoms with Crippen molar-refractivity contribution in [1.82, 2.24) is 14.3 Å². The molecule has 5 rings (SSSR count). The molecule has 0 spiro atoms. The summed E-state index contributed by atoms with van der Waals surface area (Å²) in [5, 5.41) is 0. The van der Waals surface area contributed by atoms with E-state index >= 15 is 0 Å². The Kier molecular flexibility index (Phi) is 5.44. The van der Waals surface area contributed by atoms with Crippen molar-refractivity contribution in [2.24, 2.45) is 0 Å². The number of likely N-dealkylation sites (N-methyl/N-ethyl adjacent to an activating group) is 1. The zero-order valence-corrected chi connectivity index (χ0v) is 19.1. The molecule has 9 heteroatoms. The number of rotatable bonds is 3. The number of piperazine rings is 1. The van der Waals surface area contributed by atoms with Gasteiger partial charge in [-0.05, 0) is 30.3 Å². The van der Waals surface area contributed by atoms with Gasteiger partial charge in [0.25, 0.3) is 11.5 Å². The first-order chi connectivity index (χ1) is 15.5. The third-order valence-electron chi connectivity index (χ3n) is 5.71. The second-order valence-corrected chi connectivity index (χ2v) is 9.31. The summed E-state index contributed by atoms with van der Waals surface area (Å²) in [5.74, 6) is 0.410. The number of anilines is 2.